The zero-order valence-electron chi connectivity index (χ0n) is 14.7. The summed E-state index contributed by atoms with van der Waals surface area (Å²) in [5.74, 6) is 1.07. The molecule has 0 aliphatic heterocycles. The maximum Gasteiger partial charge on any atom is 0.123 e. The van der Waals surface area contributed by atoms with Crippen LogP contribution in [0.1, 0.15) is 79.6 Å². The van der Waals surface area contributed by atoms with E-state index >= 15 is 0 Å². The Hall–Kier alpha value is -0.850. The van der Waals surface area contributed by atoms with Gasteiger partial charge < -0.3 is 4.79 Å². The van der Waals surface area contributed by atoms with E-state index in [2.05, 4.69) is 46.8 Å². The van der Waals surface area contributed by atoms with Gasteiger partial charge in [-0.25, -0.2) is 0 Å². The van der Waals surface area contributed by atoms with Gasteiger partial charge in [-0.2, -0.15) is 0 Å². The highest BCUT2D eigenvalue weighted by atomic mass is 16.1. The molecule has 0 amide bonds. The minimum absolute atomic E-state index is 0.210. The second-order valence-electron chi connectivity index (χ2n) is 7.72. The number of carbonyl (C=O) groups is 1. The van der Waals surface area contributed by atoms with Crippen molar-refractivity contribution in [3.8, 4) is 0 Å². The molecule has 0 heterocycles. The first-order valence-corrected chi connectivity index (χ1v) is 8.59. The van der Waals surface area contributed by atoms with Gasteiger partial charge in [0.15, 0.2) is 0 Å². The first-order chi connectivity index (χ1) is 9.87. The molecule has 1 saturated carbocycles. The zero-order valence-corrected chi connectivity index (χ0v) is 14.7. The van der Waals surface area contributed by atoms with Gasteiger partial charge in [0.05, 0.1) is 0 Å². The van der Waals surface area contributed by atoms with E-state index in [4.69, 9.17) is 0 Å². The van der Waals surface area contributed by atoms with Gasteiger partial charge in [0.2, 0.25) is 0 Å². The summed E-state index contributed by atoms with van der Waals surface area (Å²) in [7, 11) is 0. The standard InChI is InChI=1S/C20H34O/c1-16(2)8-6-10-18-11-12-19(15-21)20(5,14-18)13-7-9-17(3)4/h8-9,15,18-19H,6-7,10-14H2,1-5H3/t18-,19-,20-/m0/s1. The summed E-state index contributed by atoms with van der Waals surface area (Å²) >= 11 is 0. The second kappa shape index (κ2) is 8.56. The SMILES string of the molecule is CC(C)=CCC[C@H]1CC[C@@H](C=O)[C@@](C)(CCC=C(C)C)C1. The van der Waals surface area contributed by atoms with Crippen LogP contribution in [-0.2, 0) is 4.79 Å². The molecule has 0 N–H and O–H groups in total. The van der Waals surface area contributed by atoms with E-state index in [-0.39, 0.29) is 11.3 Å². The van der Waals surface area contributed by atoms with Gasteiger partial charge >= 0.3 is 0 Å². The van der Waals surface area contributed by atoms with Gasteiger partial charge in [0.25, 0.3) is 0 Å². The number of allylic oxidation sites excluding steroid dienone is 4. The summed E-state index contributed by atoms with van der Waals surface area (Å²) in [6.45, 7) is 11.0. The van der Waals surface area contributed by atoms with E-state index in [0.717, 1.165) is 25.2 Å². The maximum atomic E-state index is 11.5. The monoisotopic (exact) mass is 290 g/mol. The number of aldehydes is 1. The molecule has 0 aromatic heterocycles. The highest BCUT2D eigenvalue weighted by Gasteiger charge is 2.39. The lowest BCUT2D eigenvalue weighted by molar-refractivity contribution is -0.117. The number of rotatable bonds is 7. The number of hydrogen-bond acceptors (Lipinski definition) is 1. The Kier molecular flexibility index (Phi) is 7.42. The Morgan fingerprint density at radius 2 is 1.67 bits per heavy atom. The van der Waals surface area contributed by atoms with Crippen molar-refractivity contribution >= 4 is 6.29 Å². The fourth-order valence-corrected chi connectivity index (χ4v) is 3.74. The molecule has 120 valence electrons. The van der Waals surface area contributed by atoms with Crippen LogP contribution < -0.4 is 0 Å². The Bertz CT molecular complexity index is 383. The summed E-state index contributed by atoms with van der Waals surface area (Å²) in [5, 5.41) is 0. The van der Waals surface area contributed by atoms with Crippen LogP contribution in [0.15, 0.2) is 23.3 Å². The Morgan fingerprint density at radius 3 is 2.24 bits per heavy atom. The lowest BCUT2D eigenvalue weighted by Crippen LogP contribution is -2.35. The molecule has 1 nitrogen and oxygen atoms in total. The molecule has 21 heavy (non-hydrogen) atoms. The molecule has 0 radical (unpaired) electrons. The van der Waals surface area contributed by atoms with E-state index in [0.29, 0.717) is 0 Å². The Balaban J connectivity index is 2.61. The largest absolute Gasteiger partial charge is 0.303 e. The molecule has 0 saturated heterocycles. The first kappa shape index (κ1) is 18.2. The van der Waals surface area contributed by atoms with Crippen molar-refractivity contribution in [2.45, 2.75) is 79.6 Å². The molecule has 1 rings (SSSR count). The van der Waals surface area contributed by atoms with Crippen molar-refractivity contribution in [2.24, 2.45) is 17.3 Å². The van der Waals surface area contributed by atoms with Crippen LogP contribution in [0.3, 0.4) is 0 Å². The molecule has 1 fully saturated rings. The average molecular weight is 290 g/mol. The average Bonchev–Trinajstić information content (AvgIpc) is 2.37. The third kappa shape index (κ3) is 6.20. The predicted octanol–water partition coefficient (Wildman–Crippen LogP) is 6.10. The van der Waals surface area contributed by atoms with Crippen LogP contribution in [0, 0.1) is 17.3 Å². The van der Waals surface area contributed by atoms with E-state index in [1.165, 1.54) is 43.1 Å². The smallest absolute Gasteiger partial charge is 0.123 e. The third-order valence-electron chi connectivity index (χ3n) is 5.10. The predicted molar refractivity (Wildman–Crippen MR) is 92.3 cm³/mol. The van der Waals surface area contributed by atoms with Crippen LogP contribution in [-0.4, -0.2) is 6.29 Å². The number of carbonyl (C=O) groups excluding carboxylic acids is 1. The van der Waals surface area contributed by atoms with Crippen LogP contribution in [0.4, 0.5) is 0 Å². The summed E-state index contributed by atoms with van der Waals surface area (Å²) in [4.78, 5) is 11.5. The molecule has 0 unspecified atom stereocenters. The molecule has 0 spiro atoms. The first-order valence-electron chi connectivity index (χ1n) is 8.59. The van der Waals surface area contributed by atoms with Gasteiger partial charge in [-0.15, -0.1) is 0 Å². The molecule has 3 atom stereocenters. The number of hydrogen-bond donors (Lipinski definition) is 0. The van der Waals surface area contributed by atoms with Crippen molar-refractivity contribution in [1.82, 2.24) is 0 Å². The normalized spacial score (nSPS) is 28.8. The molecule has 0 aromatic carbocycles. The van der Waals surface area contributed by atoms with Crippen molar-refractivity contribution in [1.29, 1.82) is 0 Å². The van der Waals surface area contributed by atoms with E-state index in [1.54, 1.807) is 0 Å². The summed E-state index contributed by atoms with van der Waals surface area (Å²) in [6, 6.07) is 0. The van der Waals surface area contributed by atoms with Gasteiger partial charge in [0.1, 0.15) is 6.29 Å². The van der Waals surface area contributed by atoms with Crippen molar-refractivity contribution in [3.63, 3.8) is 0 Å². The quantitative estimate of drug-likeness (QED) is 0.409. The summed E-state index contributed by atoms with van der Waals surface area (Å²) < 4.78 is 0. The van der Waals surface area contributed by atoms with Crippen LogP contribution in [0.5, 0.6) is 0 Å². The maximum absolute atomic E-state index is 11.5. The topological polar surface area (TPSA) is 17.1 Å². The van der Waals surface area contributed by atoms with Crippen LogP contribution in [0.2, 0.25) is 0 Å². The Labute approximate surface area is 131 Å². The molecule has 1 aliphatic rings. The molecule has 0 aromatic rings. The van der Waals surface area contributed by atoms with E-state index < -0.39 is 0 Å². The molecular formula is C20H34O. The summed E-state index contributed by atoms with van der Waals surface area (Å²) in [6.07, 6.45) is 14.2. The molecule has 0 bridgehead atoms. The third-order valence-corrected chi connectivity index (χ3v) is 5.10. The van der Waals surface area contributed by atoms with Crippen molar-refractivity contribution < 1.29 is 4.79 Å². The second-order valence-corrected chi connectivity index (χ2v) is 7.72. The van der Waals surface area contributed by atoms with Gasteiger partial charge in [-0.1, -0.05) is 30.2 Å². The minimum atomic E-state index is 0.210. The van der Waals surface area contributed by atoms with Crippen molar-refractivity contribution in [2.75, 3.05) is 0 Å². The lowest BCUT2D eigenvalue weighted by Gasteiger charge is -2.42. The fraction of sp³-hybridized carbons (Fsp3) is 0.750. The fourth-order valence-electron chi connectivity index (χ4n) is 3.74. The van der Waals surface area contributed by atoms with E-state index in [9.17, 15) is 4.79 Å². The van der Waals surface area contributed by atoms with Crippen LogP contribution in [0.25, 0.3) is 0 Å². The highest BCUT2D eigenvalue weighted by Crippen LogP contribution is 2.47. The van der Waals surface area contributed by atoms with Gasteiger partial charge in [-0.05, 0) is 84.0 Å². The molecule has 1 aliphatic carbocycles. The van der Waals surface area contributed by atoms with Gasteiger partial charge in [-0.3, -0.25) is 0 Å². The Morgan fingerprint density at radius 1 is 1.05 bits per heavy atom. The van der Waals surface area contributed by atoms with E-state index in [1.807, 2.05) is 0 Å². The van der Waals surface area contributed by atoms with Gasteiger partial charge in [0, 0.05) is 5.92 Å². The summed E-state index contributed by atoms with van der Waals surface area (Å²) in [5.41, 5.74) is 3.02. The minimum Gasteiger partial charge on any atom is -0.303 e. The molecule has 1 heteroatoms. The highest BCUT2D eigenvalue weighted by molar-refractivity contribution is 5.55. The van der Waals surface area contributed by atoms with Crippen molar-refractivity contribution in [3.05, 3.63) is 23.3 Å². The van der Waals surface area contributed by atoms with Crippen LogP contribution >= 0.6 is 0 Å². The lowest BCUT2D eigenvalue weighted by atomic mass is 9.62. The molecular weight excluding hydrogens is 256 g/mol. The zero-order chi connectivity index (χ0) is 15.9.